The lowest BCUT2D eigenvalue weighted by Gasteiger charge is -2.20. The van der Waals surface area contributed by atoms with Gasteiger partial charge in [0, 0.05) is 48.6 Å². The first-order chi connectivity index (χ1) is 11.4. The SMILES string of the molecule is Cc1nc(NC2CCN(C(C)C)C2)ncc1-c1ccc(F)cc1F. The highest BCUT2D eigenvalue weighted by Gasteiger charge is 2.24. The highest BCUT2D eigenvalue weighted by atomic mass is 19.1. The lowest BCUT2D eigenvalue weighted by Crippen LogP contribution is -2.31. The van der Waals surface area contributed by atoms with Gasteiger partial charge >= 0.3 is 0 Å². The second kappa shape index (κ2) is 6.81. The summed E-state index contributed by atoms with van der Waals surface area (Å²) in [6, 6.07) is 4.38. The van der Waals surface area contributed by atoms with E-state index in [-0.39, 0.29) is 0 Å². The van der Waals surface area contributed by atoms with E-state index >= 15 is 0 Å². The summed E-state index contributed by atoms with van der Waals surface area (Å²) >= 11 is 0. The minimum atomic E-state index is -0.606. The smallest absolute Gasteiger partial charge is 0.223 e. The van der Waals surface area contributed by atoms with E-state index in [1.54, 1.807) is 13.1 Å². The zero-order valence-corrected chi connectivity index (χ0v) is 14.2. The number of aryl methyl sites for hydroxylation is 1. The molecule has 0 radical (unpaired) electrons. The van der Waals surface area contributed by atoms with Crippen molar-refractivity contribution in [2.24, 2.45) is 0 Å². The van der Waals surface area contributed by atoms with Crippen LogP contribution in [0.25, 0.3) is 11.1 Å². The number of likely N-dealkylation sites (tertiary alicyclic amines) is 1. The highest BCUT2D eigenvalue weighted by Crippen LogP contribution is 2.26. The van der Waals surface area contributed by atoms with E-state index in [1.807, 2.05) is 0 Å². The molecule has 1 atom stereocenters. The van der Waals surface area contributed by atoms with Crippen LogP contribution in [0.1, 0.15) is 26.0 Å². The number of hydrogen-bond acceptors (Lipinski definition) is 4. The van der Waals surface area contributed by atoms with Gasteiger partial charge in [-0.15, -0.1) is 0 Å². The molecule has 3 rings (SSSR count). The lowest BCUT2D eigenvalue weighted by atomic mass is 10.1. The van der Waals surface area contributed by atoms with Gasteiger partial charge in [0.15, 0.2) is 0 Å². The number of nitrogens with one attached hydrogen (secondary N) is 1. The van der Waals surface area contributed by atoms with Gasteiger partial charge in [-0.05, 0) is 39.3 Å². The van der Waals surface area contributed by atoms with Crippen molar-refractivity contribution in [3.63, 3.8) is 0 Å². The van der Waals surface area contributed by atoms with Gasteiger partial charge in [0.1, 0.15) is 11.6 Å². The zero-order valence-electron chi connectivity index (χ0n) is 14.2. The monoisotopic (exact) mass is 332 g/mol. The van der Waals surface area contributed by atoms with Crippen molar-refractivity contribution >= 4 is 5.95 Å². The molecular weight excluding hydrogens is 310 g/mol. The Morgan fingerprint density at radius 1 is 1.25 bits per heavy atom. The number of rotatable bonds is 4. The highest BCUT2D eigenvalue weighted by molar-refractivity contribution is 5.66. The fraction of sp³-hybridized carbons (Fsp3) is 0.444. The summed E-state index contributed by atoms with van der Waals surface area (Å²) in [4.78, 5) is 11.2. The zero-order chi connectivity index (χ0) is 17.3. The standard InChI is InChI=1S/C18H22F2N4/c1-11(2)24-7-6-14(10-24)23-18-21-9-16(12(3)22-18)15-5-4-13(19)8-17(15)20/h4-5,8-9,11,14H,6-7,10H2,1-3H3,(H,21,22,23). The van der Waals surface area contributed by atoms with E-state index in [1.165, 1.54) is 12.1 Å². The fourth-order valence-electron chi connectivity index (χ4n) is 3.07. The summed E-state index contributed by atoms with van der Waals surface area (Å²) in [7, 11) is 0. The number of halogens is 2. The van der Waals surface area contributed by atoms with Crippen LogP contribution in [0, 0.1) is 18.6 Å². The molecule has 0 spiro atoms. The van der Waals surface area contributed by atoms with Crippen molar-refractivity contribution in [1.29, 1.82) is 0 Å². The molecule has 0 amide bonds. The average molecular weight is 332 g/mol. The van der Waals surface area contributed by atoms with Crippen molar-refractivity contribution in [2.45, 2.75) is 39.3 Å². The first-order valence-electron chi connectivity index (χ1n) is 8.23. The Bertz CT molecular complexity index is 733. The van der Waals surface area contributed by atoms with Gasteiger partial charge in [-0.25, -0.2) is 18.7 Å². The Kier molecular flexibility index (Phi) is 4.76. The van der Waals surface area contributed by atoms with Crippen molar-refractivity contribution in [3.8, 4) is 11.1 Å². The molecular formula is C18H22F2N4. The van der Waals surface area contributed by atoms with Crippen LogP contribution in [0.4, 0.5) is 14.7 Å². The van der Waals surface area contributed by atoms with E-state index < -0.39 is 11.6 Å². The Hall–Kier alpha value is -2.08. The summed E-state index contributed by atoms with van der Waals surface area (Å²) in [5.74, 6) is -0.649. The number of aromatic nitrogens is 2. The molecule has 4 nitrogen and oxygen atoms in total. The Morgan fingerprint density at radius 2 is 2.04 bits per heavy atom. The molecule has 1 unspecified atom stereocenters. The van der Waals surface area contributed by atoms with E-state index in [0.717, 1.165) is 25.6 Å². The molecule has 128 valence electrons. The van der Waals surface area contributed by atoms with E-state index in [2.05, 4.69) is 34.0 Å². The fourth-order valence-corrected chi connectivity index (χ4v) is 3.07. The minimum absolute atomic E-state index is 0.312. The third-order valence-electron chi connectivity index (χ3n) is 4.48. The van der Waals surface area contributed by atoms with Crippen LogP contribution in [-0.2, 0) is 0 Å². The number of nitrogens with zero attached hydrogens (tertiary/aromatic N) is 3. The van der Waals surface area contributed by atoms with Gasteiger partial charge in [0.2, 0.25) is 5.95 Å². The first kappa shape index (κ1) is 16.8. The van der Waals surface area contributed by atoms with Crippen LogP contribution in [-0.4, -0.2) is 40.0 Å². The maximum absolute atomic E-state index is 13.9. The second-order valence-corrected chi connectivity index (χ2v) is 6.54. The Balaban J connectivity index is 1.76. The Morgan fingerprint density at radius 3 is 2.67 bits per heavy atom. The normalized spacial score (nSPS) is 18.3. The molecule has 1 fully saturated rings. The molecule has 0 saturated carbocycles. The molecule has 0 aliphatic carbocycles. The summed E-state index contributed by atoms with van der Waals surface area (Å²) in [6.07, 6.45) is 2.64. The van der Waals surface area contributed by atoms with Crippen LogP contribution in [0.15, 0.2) is 24.4 Å². The topological polar surface area (TPSA) is 41.1 Å². The maximum atomic E-state index is 13.9. The van der Waals surface area contributed by atoms with Crippen LogP contribution in [0.3, 0.4) is 0 Å². The van der Waals surface area contributed by atoms with Crippen molar-refractivity contribution < 1.29 is 8.78 Å². The van der Waals surface area contributed by atoms with Gasteiger partial charge < -0.3 is 5.32 Å². The number of benzene rings is 1. The third-order valence-corrected chi connectivity index (χ3v) is 4.48. The molecule has 0 bridgehead atoms. The van der Waals surface area contributed by atoms with E-state index in [0.29, 0.717) is 34.9 Å². The summed E-state index contributed by atoms with van der Waals surface area (Å²) in [5, 5.41) is 3.35. The molecule has 24 heavy (non-hydrogen) atoms. The van der Waals surface area contributed by atoms with Crippen LogP contribution in [0.5, 0.6) is 0 Å². The molecule has 2 heterocycles. The number of hydrogen-bond donors (Lipinski definition) is 1. The first-order valence-corrected chi connectivity index (χ1v) is 8.23. The van der Waals surface area contributed by atoms with Gasteiger partial charge in [0.05, 0.1) is 5.69 Å². The van der Waals surface area contributed by atoms with E-state index in [4.69, 9.17) is 0 Å². The van der Waals surface area contributed by atoms with Gasteiger partial charge in [-0.1, -0.05) is 0 Å². The summed E-state index contributed by atoms with van der Waals surface area (Å²) < 4.78 is 27.0. The van der Waals surface area contributed by atoms with Gasteiger partial charge in [0.25, 0.3) is 0 Å². The molecule has 2 aromatic rings. The Labute approximate surface area is 140 Å². The molecule has 1 aromatic heterocycles. The van der Waals surface area contributed by atoms with Crippen LogP contribution < -0.4 is 5.32 Å². The van der Waals surface area contributed by atoms with E-state index in [9.17, 15) is 8.78 Å². The van der Waals surface area contributed by atoms with Crippen LogP contribution >= 0.6 is 0 Å². The van der Waals surface area contributed by atoms with Crippen molar-refractivity contribution in [3.05, 3.63) is 41.7 Å². The van der Waals surface area contributed by atoms with Crippen LogP contribution in [0.2, 0.25) is 0 Å². The molecule has 1 N–H and O–H groups in total. The average Bonchev–Trinajstić information content (AvgIpc) is 2.97. The molecule has 1 aliphatic rings. The van der Waals surface area contributed by atoms with Crippen molar-refractivity contribution in [1.82, 2.24) is 14.9 Å². The number of anilines is 1. The van der Waals surface area contributed by atoms with Gasteiger partial charge in [-0.2, -0.15) is 0 Å². The molecule has 1 aromatic carbocycles. The predicted octanol–water partition coefficient (Wildman–Crippen LogP) is 3.62. The lowest BCUT2D eigenvalue weighted by molar-refractivity contribution is 0.274. The second-order valence-electron chi connectivity index (χ2n) is 6.54. The molecule has 6 heteroatoms. The third kappa shape index (κ3) is 3.53. The minimum Gasteiger partial charge on any atom is -0.350 e. The quantitative estimate of drug-likeness (QED) is 0.928. The molecule has 1 saturated heterocycles. The van der Waals surface area contributed by atoms with Gasteiger partial charge in [-0.3, -0.25) is 4.90 Å². The predicted molar refractivity (Wildman–Crippen MR) is 90.9 cm³/mol. The molecule has 1 aliphatic heterocycles. The summed E-state index contributed by atoms with van der Waals surface area (Å²) in [5.41, 5.74) is 1.55. The summed E-state index contributed by atoms with van der Waals surface area (Å²) in [6.45, 7) is 8.21. The largest absolute Gasteiger partial charge is 0.350 e. The van der Waals surface area contributed by atoms with Crippen molar-refractivity contribution in [2.75, 3.05) is 18.4 Å². The maximum Gasteiger partial charge on any atom is 0.223 e.